The smallest absolute Gasteiger partial charge is 0.336 e. The fourth-order valence-corrected chi connectivity index (χ4v) is 2.71. The van der Waals surface area contributed by atoms with Gasteiger partial charge in [0.1, 0.15) is 0 Å². The lowest BCUT2D eigenvalue weighted by Gasteiger charge is -2.42. The van der Waals surface area contributed by atoms with E-state index in [4.69, 9.17) is 0 Å². The van der Waals surface area contributed by atoms with Crippen molar-refractivity contribution in [3.8, 4) is 0 Å². The third kappa shape index (κ3) is 1.85. The van der Waals surface area contributed by atoms with E-state index in [-0.39, 0.29) is 6.42 Å². The third-order valence-electron chi connectivity index (χ3n) is 2.58. The normalized spacial score (nSPS) is 40.4. The molecular formula is C8H14O7S. The van der Waals surface area contributed by atoms with Crippen LogP contribution < -0.4 is 0 Å². The van der Waals surface area contributed by atoms with Crippen LogP contribution in [0.4, 0.5) is 0 Å². The molecule has 16 heavy (non-hydrogen) atoms. The van der Waals surface area contributed by atoms with Crippen LogP contribution in [0.1, 0.15) is 39.0 Å². The molecule has 1 N–H and O–H groups in total. The van der Waals surface area contributed by atoms with E-state index in [2.05, 4.69) is 25.1 Å². The number of rotatable bonds is 5. The van der Waals surface area contributed by atoms with Gasteiger partial charge in [-0.15, -0.1) is 0 Å². The second-order valence-corrected chi connectivity index (χ2v) is 5.04. The van der Waals surface area contributed by atoms with Gasteiger partial charge in [0.15, 0.2) is 0 Å². The lowest BCUT2D eigenvalue weighted by Crippen LogP contribution is -2.65. The van der Waals surface area contributed by atoms with Crippen molar-refractivity contribution in [2.75, 3.05) is 0 Å². The van der Waals surface area contributed by atoms with Crippen molar-refractivity contribution in [1.82, 2.24) is 0 Å². The molecule has 2 rings (SSSR count). The Labute approximate surface area is 93.5 Å². The van der Waals surface area contributed by atoms with Crippen molar-refractivity contribution in [3.05, 3.63) is 0 Å². The highest BCUT2D eigenvalue weighted by Crippen LogP contribution is 2.51. The monoisotopic (exact) mass is 254 g/mol. The van der Waals surface area contributed by atoms with Crippen molar-refractivity contribution in [2.45, 2.75) is 50.8 Å². The molecule has 0 aromatic rings. The molecule has 0 amide bonds. The summed E-state index contributed by atoms with van der Waals surface area (Å²) in [6.07, 6.45) is 3.80. The fourth-order valence-electron chi connectivity index (χ4n) is 1.70. The summed E-state index contributed by atoms with van der Waals surface area (Å²) < 4.78 is 30.9. The zero-order valence-electron chi connectivity index (χ0n) is 8.84. The quantitative estimate of drug-likeness (QED) is 0.566. The van der Waals surface area contributed by atoms with E-state index in [1.165, 1.54) is 0 Å². The number of unbranched alkanes of at least 4 members (excludes halogenated alkanes) is 3. The lowest BCUT2D eigenvalue weighted by atomic mass is 10.0. The minimum absolute atomic E-state index is 0.197. The van der Waals surface area contributed by atoms with Gasteiger partial charge in [0, 0.05) is 6.42 Å². The summed E-state index contributed by atoms with van der Waals surface area (Å²) in [6.45, 7) is 2.05. The summed E-state index contributed by atoms with van der Waals surface area (Å²) >= 11 is 0. The van der Waals surface area contributed by atoms with Crippen LogP contribution in [-0.2, 0) is 28.5 Å². The fraction of sp³-hybridized carbons (Fsp3) is 1.00. The first-order valence-electron chi connectivity index (χ1n) is 5.18. The Kier molecular flexibility index (Phi) is 2.97. The average molecular weight is 254 g/mol. The van der Waals surface area contributed by atoms with Crippen LogP contribution in [0.15, 0.2) is 0 Å². The van der Waals surface area contributed by atoms with Gasteiger partial charge in [-0.2, -0.15) is 22.4 Å². The molecule has 0 radical (unpaired) electrons. The van der Waals surface area contributed by atoms with Crippen LogP contribution in [0, 0.1) is 0 Å². The molecule has 2 atom stereocenters. The van der Waals surface area contributed by atoms with E-state index in [1.54, 1.807) is 0 Å². The van der Waals surface area contributed by atoms with E-state index >= 15 is 0 Å². The molecule has 94 valence electrons. The SMILES string of the molecule is CCCCCCC12OOC1(O)OS(=O)(=O)O2. The summed E-state index contributed by atoms with van der Waals surface area (Å²) in [4.78, 5) is 8.85. The van der Waals surface area contributed by atoms with Crippen molar-refractivity contribution in [2.24, 2.45) is 0 Å². The Morgan fingerprint density at radius 2 is 1.88 bits per heavy atom. The number of hydrogen-bond donors (Lipinski definition) is 1. The Hall–Kier alpha value is -0.250. The molecule has 2 aliphatic heterocycles. The number of aliphatic hydroxyl groups is 1. The second kappa shape index (κ2) is 3.90. The van der Waals surface area contributed by atoms with Crippen molar-refractivity contribution in [1.29, 1.82) is 0 Å². The van der Waals surface area contributed by atoms with E-state index in [0.29, 0.717) is 6.42 Å². The van der Waals surface area contributed by atoms with Crippen LogP contribution in [0.3, 0.4) is 0 Å². The molecule has 2 saturated heterocycles. The maximum atomic E-state index is 11.0. The Morgan fingerprint density at radius 1 is 1.12 bits per heavy atom. The predicted molar refractivity (Wildman–Crippen MR) is 49.7 cm³/mol. The molecular weight excluding hydrogens is 240 g/mol. The summed E-state index contributed by atoms with van der Waals surface area (Å²) in [5, 5.41) is 9.62. The van der Waals surface area contributed by atoms with Gasteiger partial charge >= 0.3 is 22.2 Å². The summed E-state index contributed by atoms with van der Waals surface area (Å²) in [6, 6.07) is 0. The zero-order valence-corrected chi connectivity index (χ0v) is 9.66. The molecule has 2 unspecified atom stereocenters. The van der Waals surface area contributed by atoms with E-state index in [0.717, 1.165) is 19.3 Å². The van der Waals surface area contributed by atoms with Gasteiger partial charge in [-0.1, -0.05) is 26.2 Å². The van der Waals surface area contributed by atoms with Gasteiger partial charge in [0.05, 0.1) is 0 Å². The van der Waals surface area contributed by atoms with Gasteiger partial charge in [0.25, 0.3) is 0 Å². The minimum Gasteiger partial charge on any atom is -0.336 e. The average Bonchev–Trinajstić information content (AvgIpc) is 2.32. The Morgan fingerprint density at radius 3 is 2.38 bits per heavy atom. The van der Waals surface area contributed by atoms with Gasteiger partial charge in [0.2, 0.25) is 0 Å². The lowest BCUT2D eigenvalue weighted by molar-refractivity contribution is -0.673. The van der Waals surface area contributed by atoms with Crippen LogP contribution in [0.2, 0.25) is 0 Å². The predicted octanol–water partition coefficient (Wildman–Crippen LogP) is 0.553. The standard InChI is InChI=1S/C8H14O7S/c1-2-3-4-5-6-7-8(9,13-12-7)15-16(10,11)14-7/h9H,2-6H2,1H3. The summed E-state index contributed by atoms with van der Waals surface area (Å²) in [7, 11) is -4.24. The van der Waals surface area contributed by atoms with Crippen molar-refractivity contribution in [3.63, 3.8) is 0 Å². The van der Waals surface area contributed by atoms with Gasteiger partial charge in [-0.3, -0.25) is 0 Å². The third-order valence-corrected chi connectivity index (χ3v) is 3.49. The molecule has 2 heterocycles. The maximum absolute atomic E-state index is 11.0. The van der Waals surface area contributed by atoms with Crippen molar-refractivity contribution < 1.29 is 31.7 Å². The molecule has 0 aliphatic carbocycles. The summed E-state index contributed by atoms with van der Waals surface area (Å²) in [5.41, 5.74) is 0. The first-order valence-corrected chi connectivity index (χ1v) is 6.52. The van der Waals surface area contributed by atoms with Crippen LogP contribution in [0.5, 0.6) is 0 Å². The first kappa shape index (κ1) is 12.2. The molecule has 2 fully saturated rings. The number of hydrogen-bond acceptors (Lipinski definition) is 7. The maximum Gasteiger partial charge on any atom is 0.407 e. The Bertz CT molecular complexity index is 367. The first-order chi connectivity index (χ1) is 7.43. The number of fused-ring (bicyclic) bond motifs is 1. The molecule has 2 aliphatic rings. The highest BCUT2D eigenvalue weighted by molar-refractivity contribution is 7.82. The van der Waals surface area contributed by atoms with E-state index in [9.17, 15) is 13.5 Å². The second-order valence-electron chi connectivity index (χ2n) is 3.89. The summed E-state index contributed by atoms with van der Waals surface area (Å²) in [5.74, 6) is -4.04. The highest BCUT2D eigenvalue weighted by Gasteiger charge is 2.76. The van der Waals surface area contributed by atoms with Crippen LogP contribution >= 0.6 is 0 Å². The molecule has 0 aromatic carbocycles. The van der Waals surface area contributed by atoms with Crippen molar-refractivity contribution >= 4 is 10.4 Å². The Balaban J connectivity index is 1.97. The molecule has 0 aromatic heterocycles. The molecule has 7 nitrogen and oxygen atoms in total. The zero-order chi connectivity index (χ0) is 11.9. The topological polar surface area (TPSA) is 91.3 Å². The van der Waals surface area contributed by atoms with Crippen LogP contribution in [0.25, 0.3) is 0 Å². The van der Waals surface area contributed by atoms with Gasteiger partial charge in [-0.25, -0.2) is 4.18 Å². The van der Waals surface area contributed by atoms with Crippen LogP contribution in [-0.4, -0.2) is 25.3 Å². The molecule has 0 bridgehead atoms. The van der Waals surface area contributed by atoms with Gasteiger partial charge < -0.3 is 5.11 Å². The van der Waals surface area contributed by atoms with E-state index in [1.807, 2.05) is 0 Å². The highest BCUT2D eigenvalue weighted by atomic mass is 32.3. The van der Waals surface area contributed by atoms with E-state index < -0.39 is 22.2 Å². The minimum atomic E-state index is -4.24. The largest absolute Gasteiger partial charge is 0.407 e. The molecule has 0 saturated carbocycles. The van der Waals surface area contributed by atoms with Gasteiger partial charge in [-0.05, 0) is 6.42 Å². The molecule has 8 heteroatoms. The molecule has 0 spiro atoms.